The van der Waals surface area contributed by atoms with Crippen molar-refractivity contribution in [3.8, 4) is 11.4 Å². The minimum atomic E-state index is -1.22. The second kappa shape index (κ2) is 16.6. The summed E-state index contributed by atoms with van der Waals surface area (Å²) in [6.45, 7) is 3.99. The fourth-order valence-corrected chi connectivity index (χ4v) is 5.50. The van der Waals surface area contributed by atoms with E-state index in [1.165, 1.54) is 69.8 Å². The maximum Gasteiger partial charge on any atom is 0.341 e. The quantitative estimate of drug-likeness (QED) is 0.156. The number of alkyl halides is 1. The Morgan fingerprint density at radius 3 is 2.21 bits per heavy atom. The van der Waals surface area contributed by atoms with Crippen molar-refractivity contribution in [3.63, 3.8) is 0 Å². The molecule has 4 nitrogen and oxygen atoms in total. The summed E-state index contributed by atoms with van der Waals surface area (Å²) in [7, 11) is 0. The normalized spacial score (nSPS) is 18.2. The fraction of sp³-hybridized carbons (Fsp3) is 0.656. The van der Waals surface area contributed by atoms with E-state index in [1.54, 1.807) is 6.07 Å². The number of aryl methyl sites for hydroxylation is 1. The zero-order valence-corrected chi connectivity index (χ0v) is 23.7. The Morgan fingerprint density at radius 1 is 0.897 bits per heavy atom. The van der Waals surface area contributed by atoms with Gasteiger partial charge in [-0.05, 0) is 42.7 Å². The molecule has 216 valence electrons. The average Bonchev–Trinajstić information content (AvgIpc) is 2.96. The summed E-state index contributed by atoms with van der Waals surface area (Å²) < 4.78 is 48.8. The summed E-state index contributed by atoms with van der Waals surface area (Å²) in [6, 6.07) is 3.11. The second-order valence-electron chi connectivity index (χ2n) is 11.2. The van der Waals surface area contributed by atoms with Gasteiger partial charge in [-0.2, -0.15) is 0 Å². The van der Waals surface area contributed by atoms with E-state index in [0.717, 1.165) is 38.0 Å². The zero-order valence-electron chi connectivity index (χ0n) is 23.7. The van der Waals surface area contributed by atoms with Gasteiger partial charge in [0.2, 0.25) is 0 Å². The Kier molecular flexibility index (Phi) is 13.2. The van der Waals surface area contributed by atoms with Crippen LogP contribution in [0.3, 0.4) is 0 Å². The molecule has 0 spiro atoms. The summed E-state index contributed by atoms with van der Waals surface area (Å²) in [4.78, 5) is 20.3. The van der Waals surface area contributed by atoms with E-state index in [0.29, 0.717) is 24.3 Å². The Morgan fingerprint density at radius 2 is 1.54 bits per heavy atom. The van der Waals surface area contributed by atoms with E-state index in [4.69, 9.17) is 4.74 Å². The number of unbranched alkanes of at least 4 members (excludes halogenated alkanes) is 5. The van der Waals surface area contributed by atoms with Crippen LogP contribution in [0.15, 0.2) is 24.5 Å². The van der Waals surface area contributed by atoms with Crippen LogP contribution in [-0.4, -0.2) is 28.7 Å². The number of aromatic nitrogens is 2. The molecule has 7 heteroatoms. The Bertz CT molecular complexity index is 1010. The monoisotopic (exact) mass is 546 g/mol. The first-order chi connectivity index (χ1) is 18.9. The number of ether oxygens (including phenoxy) is 1. The van der Waals surface area contributed by atoms with Crippen molar-refractivity contribution in [2.45, 2.75) is 116 Å². The highest BCUT2D eigenvalue weighted by Gasteiger charge is 2.23. The molecule has 1 saturated carbocycles. The van der Waals surface area contributed by atoms with Gasteiger partial charge < -0.3 is 4.74 Å². The van der Waals surface area contributed by atoms with E-state index < -0.39 is 23.8 Å². The lowest BCUT2D eigenvalue weighted by atomic mass is 9.77. The number of hydrogen-bond donors (Lipinski definition) is 0. The first-order valence-electron chi connectivity index (χ1n) is 15.0. The number of carbonyl (C=O) groups is 1. The van der Waals surface area contributed by atoms with Gasteiger partial charge in [0.15, 0.2) is 17.5 Å². The van der Waals surface area contributed by atoms with Crippen LogP contribution >= 0.6 is 0 Å². The third-order valence-electron chi connectivity index (χ3n) is 8.06. The number of rotatable bonds is 16. The summed E-state index contributed by atoms with van der Waals surface area (Å²) in [5.41, 5.74) is 0.353. The lowest BCUT2D eigenvalue weighted by Crippen LogP contribution is -2.16. The minimum Gasteiger partial charge on any atom is -0.459 e. The number of nitrogens with zero attached hydrogens (tertiary/aromatic N) is 2. The fourth-order valence-electron chi connectivity index (χ4n) is 5.50. The molecular formula is C32H45F3N2O2. The molecule has 3 rings (SSSR count). The van der Waals surface area contributed by atoms with Gasteiger partial charge in [0.25, 0.3) is 0 Å². The van der Waals surface area contributed by atoms with E-state index in [2.05, 4.69) is 23.8 Å². The zero-order chi connectivity index (χ0) is 28.0. The molecule has 2 aromatic rings. The summed E-state index contributed by atoms with van der Waals surface area (Å²) in [6.07, 6.45) is 16.8. The van der Waals surface area contributed by atoms with Crippen molar-refractivity contribution >= 4 is 5.97 Å². The molecule has 0 bridgehead atoms. The minimum absolute atomic E-state index is 0.0183. The topological polar surface area (TPSA) is 52.1 Å². The number of hydrogen-bond acceptors (Lipinski definition) is 4. The maximum atomic E-state index is 14.9. The van der Waals surface area contributed by atoms with Gasteiger partial charge >= 0.3 is 5.97 Å². The molecule has 1 atom stereocenters. The van der Waals surface area contributed by atoms with Crippen LogP contribution in [0.2, 0.25) is 0 Å². The van der Waals surface area contributed by atoms with Crippen LogP contribution in [0.5, 0.6) is 0 Å². The first-order valence-corrected chi connectivity index (χ1v) is 15.0. The van der Waals surface area contributed by atoms with E-state index in [1.807, 2.05) is 0 Å². The average molecular weight is 547 g/mol. The third-order valence-corrected chi connectivity index (χ3v) is 8.06. The molecule has 0 saturated heterocycles. The van der Waals surface area contributed by atoms with Gasteiger partial charge in [0, 0.05) is 12.4 Å². The molecular weight excluding hydrogens is 501 g/mol. The highest BCUT2D eigenvalue weighted by molar-refractivity contribution is 5.88. The molecule has 1 fully saturated rings. The highest BCUT2D eigenvalue weighted by Crippen LogP contribution is 2.35. The Hall–Kier alpha value is -2.44. The predicted molar refractivity (Wildman–Crippen MR) is 149 cm³/mol. The van der Waals surface area contributed by atoms with Crippen LogP contribution in [0.4, 0.5) is 13.2 Å². The second-order valence-corrected chi connectivity index (χ2v) is 11.2. The number of benzene rings is 1. The SMILES string of the molecule is CCCCCC[C@@H](F)COC(=O)c1cnc(-c2ccc(CCC3CCC(CCCCC)CC3)c(F)c2F)nc1. The van der Waals surface area contributed by atoms with Gasteiger partial charge in [0.1, 0.15) is 12.8 Å². The van der Waals surface area contributed by atoms with Gasteiger partial charge in [-0.15, -0.1) is 0 Å². The molecule has 0 N–H and O–H groups in total. The van der Waals surface area contributed by atoms with Crippen LogP contribution in [0, 0.1) is 23.5 Å². The molecule has 0 radical (unpaired) electrons. The standard InChI is InChI=1S/C32H45F3N2O2/c1-3-5-7-9-11-27(33)22-39-32(38)26-20-36-31(37-21-26)28-19-18-25(29(34)30(28)35)17-16-24-14-12-23(13-15-24)10-8-6-4-2/h18-21,23-24,27H,3-17,22H2,1-2H3/t23?,24?,27-/m1/s1. The smallest absolute Gasteiger partial charge is 0.341 e. The summed E-state index contributed by atoms with van der Waals surface area (Å²) >= 11 is 0. The third kappa shape index (κ3) is 9.91. The van der Waals surface area contributed by atoms with Crippen LogP contribution in [0.1, 0.15) is 120 Å². The lowest BCUT2D eigenvalue weighted by Gasteiger charge is -2.28. The van der Waals surface area contributed by atoms with Crippen molar-refractivity contribution < 1.29 is 22.7 Å². The largest absolute Gasteiger partial charge is 0.459 e. The maximum absolute atomic E-state index is 14.9. The summed E-state index contributed by atoms with van der Waals surface area (Å²) in [5, 5.41) is 0. The molecule has 1 aliphatic rings. The lowest BCUT2D eigenvalue weighted by molar-refractivity contribution is 0.0388. The highest BCUT2D eigenvalue weighted by atomic mass is 19.2. The Balaban J connectivity index is 1.48. The molecule has 1 aromatic carbocycles. The van der Waals surface area contributed by atoms with E-state index >= 15 is 0 Å². The Labute approximate surface area is 232 Å². The van der Waals surface area contributed by atoms with Crippen molar-refractivity contribution in [1.29, 1.82) is 0 Å². The van der Waals surface area contributed by atoms with Crippen LogP contribution < -0.4 is 0 Å². The number of carbonyl (C=O) groups excluding carboxylic acids is 1. The van der Waals surface area contributed by atoms with Crippen molar-refractivity contribution in [3.05, 3.63) is 47.3 Å². The van der Waals surface area contributed by atoms with E-state index in [9.17, 15) is 18.0 Å². The van der Waals surface area contributed by atoms with Crippen molar-refractivity contribution in [1.82, 2.24) is 9.97 Å². The van der Waals surface area contributed by atoms with Crippen LogP contribution in [0.25, 0.3) is 11.4 Å². The van der Waals surface area contributed by atoms with Crippen LogP contribution in [-0.2, 0) is 11.2 Å². The van der Waals surface area contributed by atoms with Crippen molar-refractivity contribution in [2.75, 3.05) is 6.61 Å². The van der Waals surface area contributed by atoms with Gasteiger partial charge in [-0.1, -0.05) is 97.0 Å². The molecule has 0 unspecified atom stereocenters. The van der Waals surface area contributed by atoms with E-state index in [-0.39, 0.29) is 23.6 Å². The first kappa shape index (κ1) is 31.1. The van der Waals surface area contributed by atoms with Gasteiger partial charge in [-0.25, -0.2) is 27.9 Å². The van der Waals surface area contributed by atoms with Gasteiger partial charge in [0.05, 0.1) is 11.1 Å². The summed E-state index contributed by atoms with van der Waals surface area (Å²) in [5.74, 6) is -1.20. The van der Waals surface area contributed by atoms with Gasteiger partial charge in [-0.3, -0.25) is 0 Å². The number of esters is 1. The molecule has 0 aliphatic heterocycles. The number of halogens is 3. The molecule has 1 aromatic heterocycles. The van der Waals surface area contributed by atoms with Crippen molar-refractivity contribution in [2.24, 2.45) is 11.8 Å². The molecule has 1 heterocycles. The molecule has 0 amide bonds. The molecule has 1 aliphatic carbocycles. The predicted octanol–water partition coefficient (Wildman–Crippen LogP) is 9.21. The molecule has 39 heavy (non-hydrogen) atoms.